The highest BCUT2D eigenvalue weighted by Crippen LogP contribution is 2.28. The van der Waals surface area contributed by atoms with Crippen LogP contribution in [0.5, 0.6) is 0 Å². The third-order valence-electron chi connectivity index (χ3n) is 3.58. The molecule has 1 heterocycles. The van der Waals surface area contributed by atoms with Crippen LogP contribution in [-0.2, 0) is 6.42 Å². The molecular formula is C15H21N3. The topological polar surface area (TPSA) is 50.9 Å². The zero-order valence-corrected chi connectivity index (χ0v) is 11.3. The van der Waals surface area contributed by atoms with Crippen molar-refractivity contribution in [1.29, 1.82) is 0 Å². The Morgan fingerprint density at radius 1 is 1.28 bits per heavy atom. The second-order valence-corrected chi connectivity index (χ2v) is 4.74. The molecule has 0 spiro atoms. The second-order valence-electron chi connectivity index (χ2n) is 4.74. The summed E-state index contributed by atoms with van der Waals surface area (Å²) in [5.41, 5.74) is 7.16. The predicted octanol–water partition coefficient (Wildman–Crippen LogP) is 3.60. The highest BCUT2D eigenvalue weighted by atomic mass is 15.2. The molecular weight excluding hydrogens is 222 g/mol. The largest absolute Gasteiger partial charge is 0.323 e. The lowest BCUT2D eigenvalue weighted by Crippen LogP contribution is -2.08. The van der Waals surface area contributed by atoms with Crippen LogP contribution >= 0.6 is 0 Å². The minimum absolute atomic E-state index is 0.561. The van der Waals surface area contributed by atoms with E-state index in [0.29, 0.717) is 5.92 Å². The van der Waals surface area contributed by atoms with Gasteiger partial charge < -0.3 is 5.43 Å². The molecule has 0 amide bonds. The number of hydrogen-bond acceptors (Lipinski definition) is 3. The Morgan fingerprint density at radius 3 is 2.67 bits per heavy atom. The summed E-state index contributed by atoms with van der Waals surface area (Å²) in [6, 6.07) is 8.49. The number of nitrogens with zero attached hydrogens (tertiary/aromatic N) is 1. The van der Waals surface area contributed by atoms with Crippen molar-refractivity contribution < 1.29 is 0 Å². The van der Waals surface area contributed by atoms with Crippen LogP contribution in [0.15, 0.2) is 24.3 Å². The molecule has 1 unspecified atom stereocenters. The first-order valence-corrected chi connectivity index (χ1v) is 6.59. The number of fused-ring (bicyclic) bond motifs is 1. The summed E-state index contributed by atoms with van der Waals surface area (Å²) < 4.78 is 0. The molecule has 0 bridgehead atoms. The number of aromatic nitrogens is 1. The van der Waals surface area contributed by atoms with Gasteiger partial charge in [0.25, 0.3) is 0 Å². The van der Waals surface area contributed by atoms with Crippen LogP contribution in [0.25, 0.3) is 10.9 Å². The van der Waals surface area contributed by atoms with Crippen molar-refractivity contribution in [2.75, 3.05) is 5.43 Å². The number of pyridine rings is 1. The van der Waals surface area contributed by atoms with Gasteiger partial charge in [-0.2, -0.15) is 0 Å². The number of hydrazine groups is 1. The molecule has 0 aliphatic rings. The van der Waals surface area contributed by atoms with Gasteiger partial charge in [0.1, 0.15) is 0 Å². The van der Waals surface area contributed by atoms with E-state index in [9.17, 15) is 0 Å². The van der Waals surface area contributed by atoms with Crippen LogP contribution < -0.4 is 11.3 Å². The number of benzene rings is 1. The van der Waals surface area contributed by atoms with E-state index in [-0.39, 0.29) is 0 Å². The first-order valence-electron chi connectivity index (χ1n) is 6.59. The molecule has 96 valence electrons. The van der Waals surface area contributed by atoms with Gasteiger partial charge in [0.05, 0.1) is 11.2 Å². The number of hydrogen-bond donors (Lipinski definition) is 2. The van der Waals surface area contributed by atoms with Crippen LogP contribution in [0, 0.1) is 0 Å². The number of anilines is 1. The monoisotopic (exact) mass is 243 g/mol. The van der Waals surface area contributed by atoms with Gasteiger partial charge in [-0.05, 0) is 42.5 Å². The van der Waals surface area contributed by atoms with Crippen LogP contribution in [0.4, 0.5) is 5.69 Å². The van der Waals surface area contributed by atoms with E-state index in [1.54, 1.807) is 0 Å². The lowest BCUT2D eigenvalue weighted by molar-refractivity contribution is 0.734. The van der Waals surface area contributed by atoms with Crippen LogP contribution in [0.1, 0.15) is 44.4 Å². The Hall–Kier alpha value is -1.61. The fourth-order valence-electron chi connectivity index (χ4n) is 2.14. The summed E-state index contributed by atoms with van der Waals surface area (Å²) in [6.07, 6.45) is 2.05. The Morgan fingerprint density at radius 2 is 2.06 bits per heavy atom. The molecule has 0 saturated heterocycles. The molecule has 0 aliphatic carbocycles. The van der Waals surface area contributed by atoms with Gasteiger partial charge in [-0.15, -0.1) is 0 Å². The molecule has 3 heteroatoms. The fraction of sp³-hybridized carbons (Fsp3) is 0.400. The molecule has 2 aromatic rings. The maximum atomic E-state index is 5.62. The van der Waals surface area contributed by atoms with Gasteiger partial charge in [-0.25, -0.2) is 0 Å². The molecule has 0 radical (unpaired) electrons. The van der Waals surface area contributed by atoms with Crippen molar-refractivity contribution in [3.05, 3.63) is 35.5 Å². The fourth-order valence-corrected chi connectivity index (χ4v) is 2.14. The van der Waals surface area contributed by atoms with Crippen molar-refractivity contribution in [2.45, 2.75) is 39.5 Å². The molecule has 3 N–H and O–H groups in total. The maximum absolute atomic E-state index is 5.62. The molecule has 0 saturated carbocycles. The van der Waals surface area contributed by atoms with Gasteiger partial charge in [-0.1, -0.05) is 26.8 Å². The molecule has 0 fully saturated rings. The SMILES string of the molecule is CCc1cc(NN)c2cc(C(C)CC)ccc2n1. The molecule has 0 aliphatic heterocycles. The van der Waals surface area contributed by atoms with E-state index >= 15 is 0 Å². The minimum Gasteiger partial charge on any atom is -0.323 e. The number of nitrogen functional groups attached to an aromatic ring is 1. The maximum Gasteiger partial charge on any atom is 0.0726 e. The lowest BCUT2D eigenvalue weighted by atomic mass is 9.96. The van der Waals surface area contributed by atoms with E-state index in [4.69, 9.17) is 5.84 Å². The molecule has 2 rings (SSSR count). The van der Waals surface area contributed by atoms with Crippen LogP contribution in [0.2, 0.25) is 0 Å². The average Bonchev–Trinajstić information content (AvgIpc) is 2.44. The molecule has 18 heavy (non-hydrogen) atoms. The number of aryl methyl sites for hydroxylation is 1. The third-order valence-corrected chi connectivity index (χ3v) is 3.58. The quantitative estimate of drug-likeness (QED) is 0.637. The van der Waals surface area contributed by atoms with Crippen LogP contribution in [0.3, 0.4) is 0 Å². The van der Waals surface area contributed by atoms with Crippen molar-refractivity contribution in [2.24, 2.45) is 5.84 Å². The van der Waals surface area contributed by atoms with Crippen molar-refractivity contribution >= 4 is 16.6 Å². The second kappa shape index (κ2) is 5.36. The number of rotatable bonds is 4. The van der Waals surface area contributed by atoms with Crippen molar-refractivity contribution in [1.82, 2.24) is 4.98 Å². The Kier molecular flexibility index (Phi) is 3.82. The average molecular weight is 243 g/mol. The van der Waals surface area contributed by atoms with Crippen molar-refractivity contribution in [3.8, 4) is 0 Å². The van der Waals surface area contributed by atoms with Gasteiger partial charge in [-0.3, -0.25) is 10.8 Å². The van der Waals surface area contributed by atoms with Gasteiger partial charge in [0, 0.05) is 11.1 Å². The van der Waals surface area contributed by atoms with Gasteiger partial charge >= 0.3 is 0 Å². The van der Waals surface area contributed by atoms with Gasteiger partial charge in [0.2, 0.25) is 0 Å². The summed E-state index contributed by atoms with van der Waals surface area (Å²) in [6.45, 7) is 6.54. The standard InChI is InChI=1S/C15H21N3/c1-4-10(3)11-6-7-14-13(8-11)15(18-16)9-12(5-2)17-14/h6-10H,4-5,16H2,1-3H3,(H,17,18). The van der Waals surface area contributed by atoms with E-state index < -0.39 is 0 Å². The van der Waals surface area contributed by atoms with Crippen LogP contribution in [-0.4, -0.2) is 4.98 Å². The molecule has 1 aromatic heterocycles. The molecule has 1 aromatic carbocycles. The molecule has 1 atom stereocenters. The van der Waals surface area contributed by atoms with E-state index in [0.717, 1.165) is 35.1 Å². The Bertz CT molecular complexity index is 549. The number of nitrogens with one attached hydrogen (secondary N) is 1. The van der Waals surface area contributed by atoms with E-state index in [2.05, 4.69) is 49.4 Å². The first kappa shape index (κ1) is 12.8. The van der Waals surface area contributed by atoms with E-state index in [1.165, 1.54) is 5.56 Å². The Labute approximate surface area is 108 Å². The number of nitrogens with two attached hydrogens (primary N) is 1. The summed E-state index contributed by atoms with van der Waals surface area (Å²) in [4.78, 5) is 4.63. The predicted molar refractivity (Wildman–Crippen MR) is 77.6 cm³/mol. The zero-order chi connectivity index (χ0) is 13.1. The lowest BCUT2D eigenvalue weighted by Gasteiger charge is -2.13. The zero-order valence-electron chi connectivity index (χ0n) is 11.3. The van der Waals surface area contributed by atoms with Crippen molar-refractivity contribution in [3.63, 3.8) is 0 Å². The van der Waals surface area contributed by atoms with Gasteiger partial charge in [0.15, 0.2) is 0 Å². The molecule has 3 nitrogen and oxygen atoms in total. The minimum atomic E-state index is 0.561. The smallest absolute Gasteiger partial charge is 0.0726 e. The summed E-state index contributed by atoms with van der Waals surface area (Å²) in [5.74, 6) is 6.18. The summed E-state index contributed by atoms with van der Waals surface area (Å²) in [7, 11) is 0. The summed E-state index contributed by atoms with van der Waals surface area (Å²) in [5, 5.41) is 1.10. The van der Waals surface area contributed by atoms with E-state index in [1.807, 2.05) is 6.07 Å². The Balaban J connectivity index is 2.61. The first-order chi connectivity index (χ1) is 8.69. The third kappa shape index (κ3) is 2.31. The highest BCUT2D eigenvalue weighted by Gasteiger charge is 2.08. The normalized spacial score (nSPS) is 12.7. The highest BCUT2D eigenvalue weighted by molar-refractivity contribution is 5.91. The summed E-state index contributed by atoms with van der Waals surface area (Å²) >= 11 is 0.